The summed E-state index contributed by atoms with van der Waals surface area (Å²) in [5.74, 6) is 2.18. The van der Waals surface area contributed by atoms with Crippen molar-refractivity contribution in [1.82, 2.24) is 9.47 Å². The van der Waals surface area contributed by atoms with Crippen LogP contribution in [0.15, 0.2) is 30.5 Å². The van der Waals surface area contributed by atoms with E-state index in [1.54, 1.807) is 11.7 Å². The van der Waals surface area contributed by atoms with E-state index in [0.29, 0.717) is 33.5 Å². The van der Waals surface area contributed by atoms with Gasteiger partial charge in [0, 0.05) is 29.2 Å². The summed E-state index contributed by atoms with van der Waals surface area (Å²) in [4.78, 5) is 2.44. The fourth-order valence-corrected chi connectivity index (χ4v) is 4.64. The zero-order valence-corrected chi connectivity index (χ0v) is 19.6. The number of likely N-dealkylation sites (tertiary alicyclic amines) is 1. The van der Waals surface area contributed by atoms with E-state index in [1.807, 2.05) is 37.4 Å². The highest BCUT2D eigenvalue weighted by Gasteiger charge is 2.19. The smallest absolute Gasteiger partial charge is 0.205 e. The number of fused-ring (bicyclic) bond motifs is 1. The van der Waals surface area contributed by atoms with Gasteiger partial charge in [-0.3, -0.25) is 9.47 Å². The van der Waals surface area contributed by atoms with Gasteiger partial charge in [0.25, 0.3) is 0 Å². The average Bonchev–Trinajstić information content (AvgIpc) is 3.09. The lowest BCUT2D eigenvalue weighted by molar-refractivity contribution is 0.158. The van der Waals surface area contributed by atoms with E-state index in [0.717, 1.165) is 42.2 Å². The maximum Gasteiger partial charge on any atom is 0.205 e. The first-order valence-electron chi connectivity index (χ1n) is 10.6. The number of ether oxygens (including phenoxy) is 2. The molecule has 0 saturated carbocycles. The molecule has 0 amide bonds. The summed E-state index contributed by atoms with van der Waals surface area (Å²) in [5.41, 5.74) is 1.50. The van der Waals surface area contributed by atoms with Gasteiger partial charge in [-0.05, 0) is 62.5 Å². The number of rotatable bonds is 6. The topological polar surface area (TPSA) is 46.9 Å². The summed E-state index contributed by atoms with van der Waals surface area (Å²) in [6, 6.07) is 7.41. The van der Waals surface area contributed by atoms with Crippen molar-refractivity contribution in [2.24, 2.45) is 5.92 Å². The summed E-state index contributed by atoms with van der Waals surface area (Å²) in [6.07, 6.45) is 4.30. The van der Waals surface area contributed by atoms with Gasteiger partial charge in [-0.15, -0.1) is 0 Å². The van der Waals surface area contributed by atoms with Crippen molar-refractivity contribution in [2.45, 2.75) is 26.7 Å². The molecule has 166 valence electrons. The average molecular weight is 463 g/mol. The van der Waals surface area contributed by atoms with Crippen molar-refractivity contribution < 1.29 is 14.6 Å². The fourth-order valence-electron chi connectivity index (χ4n) is 4.08. The van der Waals surface area contributed by atoms with Crippen molar-refractivity contribution in [3.8, 4) is 23.1 Å². The Labute approximate surface area is 193 Å². The van der Waals surface area contributed by atoms with Crippen LogP contribution in [0.2, 0.25) is 10.0 Å². The number of nitrogens with zero attached hydrogens (tertiary/aromatic N) is 2. The minimum atomic E-state index is 0.0679. The Balaban J connectivity index is 1.58. The molecular formula is C24H28Cl2N2O3. The van der Waals surface area contributed by atoms with Gasteiger partial charge in [-0.2, -0.15) is 0 Å². The van der Waals surface area contributed by atoms with Gasteiger partial charge < -0.3 is 14.6 Å². The Bertz CT molecular complexity index is 1090. The Hall–Kier alpha value is -2.08. The number of piperidine rings is 1. The third-order valence-corrected chi connectivity index (χ3v) is 7.03. The summed E-state index contributed by atoms with van der Waals surface area (Å²) in [7, 11) is 1.62. The summed E-state index contributed by atoms with van der Waals surface area (Å²) in [5, 5.41) is 13.3. The summed E-state index contributed by atoms with van der Waals surface area (Å²) >= 11 is 12.7. The van der Waals surface area contributed by atoms with Crippen LogP contribution in [0.3, 0.4) is 0 Å². The molecule has 0 unspecified atom stereocenters. The summed E-state index contributed by atoms with van der Waals surface area (Å²) < 4.78 is 13.3. The van der Waals surface area contributed by atoms with Gasteiger partial charge in [-0.25, -0.2) is 0 Å². The highest BCUT2D eigenvalue weighted by atomic mass is 35.5. The second-order valence-corrected chi connectivity index (χ2v) is 9.08. The molecule has 31 heavy (non-hydrogen) atoms. The van der Waals surface area contributed by atoms with Crippen molar-refractivity contribution >= 4 is 34.0 Å². The van der Waals surface area contributed by atoms with Crippen LogP contribution >= 0.6 is 23.2 Å². The van der Waals surface area contributed by atoms with Crippen molar-refractivity contribution in [3.63, 3.8) is 0 Å². The van der Waals surface area contributed by atoms with Crippen LogP contribution in [-0.4, -0.2) is 47.9 Å². The molecule has 2 aromatic carbocycles. The van der Waals surface area contributed by atoms with E-state index in [2.05, 4.69) is 11.8 Å². The van der Waals surface area contributed by atoms with Crippen LogP contribution < -0.4 is 9.47 Å². The standard InChI is InChI=1S/C24H28Cl2N2O3/c1-15-6-8-27(9-7-15)10-11-31-21-13-18(4-5-20(21)30-3)28-14-17-12-19(25)16(2)23(26)22(17)24(28)29/h4-5,12-15,29H,6-11H2,1-3H3. The monoisotopic (exact) mass is 462 g/mol. The van der Waals surface area contributed by atoms with Crippen LogP contribution in [0, 0.1) is 12.8 Å². The number of methoxy groups -OCH3 is 1. The quantitative estimate of drug-likeness (QED) is 0.482. The molecular weight excluding hydrogens is 435 g/mol. The van der Waals surface area contributed by atoms with Crippen LogP contribution in [0.25, 0.3) is 16.5 Å². The fraction of sp³-hybridized carbons (Fsp3) is 0.417. The molecule has 3 aromatic rings. The maximum absolute atomic E-state index is 10.9. The molecule has 1 aromatic heterocycles. The third-order valence-electron chi connectivity index (χ3n) is 6.16. The first-order chi connectivity index (χ1) is 14.9. The first-order valence-corrected chi connectivity index (χ1v) is 11.4. The highest BCUT2D eigenvalue weighted by molar-refractivity contribution is 6.40. The summed E-state index contributed by atoms with van der Waals surface area (Å²) in [6.45, 7) is 7.85. The Morgan fingerprint density at radius 1 is 1.13 bits per heavy atom. The number of halogens is 2. The molecule has 0 aliphatic carbocycles. The van der Waals surface area contributed by atoms with E-state index in [-0.39, 0.29) is 5.88 Å². The van der Waals surface area contributed by atoms with Crippen LogP contribution in [0.4, 0.5) is 0 Å². The maximum atomic E-state index is 10.9. The van der Waals surface area contributed by atoms with Gasteiger partial charge in [0.2, 0.25) is 5.88 Å². The molecule has 0 bridgehead atoms. The second-order valence-electron chi connectivity index (χ2n) is 8.29. The Kier molecular flexibility index (Phi) is 6.56. The van der Waals surface area contributed by atoms with E-state index in [9.17, 15) is 5.11 Å². The Morgan fingerprint density at radius 2 is 1.87 bits per heavy atom. The molecule has 0 atom stereocenters. The lowest BCUT2D eigenvalue weighted by atomic mass is 9.99. The van der Waals surface area contributed by atoms with Gasteiger partial charge in [0.15, 0.2) is 11.5 Å². The Morgan fingerprint density at radius 3 is 2.58 bits per heavy atom. The first kappa shape index (κ1) is 22.1. The molecule has 1 aliphatic heterocycles. The second kappa shape index (κ2) is 9.19. The molecule has 4 rings (SSSR count). The zero-order chi connectivity index (χ0) is 22.1. The van der Waals surface area contributed by atoms with Gasteiger partial charge >= 0.3 is 0 Å². The van der Waals surface area contributed by atoms with Gasteiger partial charge in [0.05, 0.1) is 23.2 Å². The van der Waals surface area contributed by atoms with E-state index >= 15 is 0 Å². The van der Waals surface area contributed by atoms with E-state index in [4.69, 9.17) is 32.7 Å². The predicted molar refractivity (Wildman–Crippen MR) is 127 cm³/mol. The largest absolute Gasteiger partial charge is 0.494 e. The van der Waals surface area contributed by atoms with Crippen LogP contribution in [0.5, 0.6) is 17.4 Å². The molecule has 1 N–H and O–H groups in total. The van der Waals surface area contributed by atoms with Crippen LogP contribution in [0.1, 0.15) is 25.3 Å². The number of aromatic hydroxyl groups is 1. The molecule has 1 saturated heterocycles. The zero-order valence-electron chi connectivity index (χ0n) is 18.1. The predicted octanol–water partition coefficient (Wildman–Crippen LogP) is 6.07. The molecule has 1 aliphatic rings. The van der Waals surface area contributed by atoms with Crippen molar-refractivity contribution in [1.29, 1.82) is 0 Å². The highest BCUT2D eigenvalue weighted by Crippen LogP contribution is 2.41. The number of hydrogen-bond donors (Lipinski definition) is 1. The van der Waals surface area contributed by atoms with Crippen molar-refractivity contribution in [3.05, 3.63) is 46.1 Å². The minimum Gasteiger partial charge on any atom is -0.494 e. The molecule has 0 radical (unpaired) electrons. The molecule has 1 fully saturated rings. The number of aromatic nitrogens is 1. The van der Waals surface area contributed by atoms with E-state index in [1.165, 1.54) is 12.8 Å². The normalized spacial score (nSPS) is 15.5. The van der Waals surface area contributed by atoms with Gasteiger partial charge in [-0.1, -0.05) is 30.1 Å². The molecule has 5 nitrogen and oxygen atoms in total. The van der Waals surface area contributed by atoms with Crippen molar-refractivity contribution in [2.75, 3.05) is 33.4 Å². The minimum absolute atomic E-state index is 0.0679. The number of hydrogen-bond acceptors (Lipinski definition) is 4. The van der Waals surface area contributed by atoms with Crippen LogP contribution in [-0.2, 0) is 0 Å². The lowest BCUT2D eigenvalue weighted by Gasteiger charge is -2.30. The molecule has 0 spiro atoms. The SMILES string of the molecule is COc1ccc(-n2cc3cc(Cl)c(C)c(Cl)c3c2O)cc1OCCN1CCC(C)CC1. The molecule has 2 heterocycles. The number of benzene rings is 2. The van der Waals surface area contributed by atoms with E-state index < -0.39 is 0 Å². The third kappa shape index (κ3) is 4.45. The lowest BCUT2D eigenvalue weighted by Crippen LogP contribution is -2.35. The van der Waals surface area contributed by atoms with Gasteiger partial charge in [0.1, 0.15) is 6.61 Å². The molecule has 7 heteroatoms.